The number of rotatable bonds is 7. The van der Waals surface area contributed by atoms with Crippen molar-refractivity contribution in [3.05, 3.63) is 24.0 Å². The van der Waals surface area contributed by atoms with Gasteiger partial charge in [0.05, 0.1) is 23.7 Å². The smallest absolute Gasteiger partial charge is 0.0931 e. The minimum absolute atomic E-state index is 0.505. The number of nitrogens with zero attached hydrogens (tertiary/aromatic N) is 3. The van der Waals surface area contributed by atoms with Gasteiger partial charge in [0.15, 0.2) is 0 Å². The second kappa shape index (κ2) is 7.46. The summed E-state index contributed by atoms with van der Waals surface area (Å²) in [7, 11) is 4.17. The molecular weight excluding hydrogens is 238 g/mol. The van der Waals surface area contributed by atoms with Crippen molar-refractivity contribution in [2.45, 2.75) is 26.9 Å². The highest BCUT2D eigenvalue weighted by molar-refractivity contribution is 5.44. The molecule has 19 heavy (non-hydrogen) atoms. The lowest BCUT2D eigenvalue weighted by atomic mass is 10.2. The standard InChI is InChI=1S/C15H27N3O/c1-12(2)11-18(9-8-17(4)5)14-6-7-15(13(3)19)16-10-14/h6-7,10,12-13,19H,8-9,11H2,1-5H3/t13-/m1/s1. The fraction of sp³-hybridized carbons (Fsp3) is 0.667. The van der Waals surface area contributed by atoms with Gasteiger partial charge in [0.2, 0.25) is 0 Å². The zero-order valence-electron chi connectivity index (χ0n) is 12.8. The summed E-state index contributed by atoms with van der Waals surface area (Å²) in [5.74, 6) is 0.610. The van der Waals surface area contributed by atoms with Gasteiger partial charge in [-0.3, -0.25) is 4.98 Å². The van der Waals surface area contributed by atoms with Crippen LogP contribution in [0.4, 0.5) is 5.69 Å². The molecule has 1 rings (SSSR count). The Morgan fingerprint density at radius 3 is 2.26 bits per heavy atom. The van der Waals surface area contributed by atoms with Gasteiger partial charge in [-0.1, -0.05) is 13.8 Å². The maximum atomic E-state index is 9.49. The molecule has 4 heteroatoms. The van der Waals surface area contributed by atoms with Crippen LogP contribution in [0.15, 0.2) is 18.3 Å². The summed E-state index contributed by atoms with van der Waals surface area (Å²) >= 11 is 0. The van der Waals surface area contributed by atoms with E-state index in [-0.39, 0.29) is 0 Å². The van der Waals surface area contributed by atoms with Crippen molar-refractivity contribution in [3.63, 3.8) is 0 Å². The number of hydrogen-bond donors (Lipinski definition) is 1. The van der Waals surface area contributed by atoms with E-state index in [9.17, 15) is 5.11 Å². The van der Waals surface area contributed by atoms with Crippen molar-refractivity contribution in [1.82, 2.24) is 9.88 Å². The van der Waals surface area contributed by atoms with E-state index in [1.165, 1.54) is 0 Å². The van der Waals surface area contributed by atoms with E-state index in [2.05, 4.69) is 42.7 Å². The van der Waals surface area contributed by atoms with Crippen LogP contribution in [0.25, 0.3) is 0 Å². The fourth-order valence-corrected chi connectivity index (χ4v) is 1.92. The first-order valence-electron chi connectivity index (χ1n) is 6.94. The van der Waals surface area contributed by atoms with Gasteiger partial charge in [-0.05, 0) is 39.1 Å². The van der Waals surface area contributed by atoms with E-state index < -0.39 is 6.10 Å². The van der Waals surface area contributed by atoms with Gasteiger partial charge in [0, 0.05) is 19.6 Å². The van der Waals surface area contributed by atoms with Crippen LogP contribution < -0.4 is 4.90 Å². The molecule has 0 aromatic carbocycles. The normalized spacial score (nSPS) is 13.1. The summed E-state index contributed by atoms with van der Waals surface area (Å²) in [5, 5.41) is 9.49. The van der Waals surface area contributed by atoms with Crippen molar-refractivity contribution in [1.29, 1.82) is 0 Å². The minimum atomic E-state index is -0.505. The van der Waals surface area contributed by atoms with E-state index in [1.807, 2.05) is 18.3 Å². The Balaban J connectivity index is 2.77. The van der Waals surface area contributed by atoms with Crippen molar-refractivity contribution in [2.24, 2.45) is 5.92 Å². The number of likely N-dealkylation sites (N-methyl/N-ethyl adjacent to an activating group) is 1. The highest BCUT2D eigenvalue weighted by atomic mass is 16.3. The van der Waals surface area contributed by atoms with Crippen LogP contribution in [0.5, 0.6) is 0 Å². The second-order valence-corrected chi connectivity index (χ2v) is 5.76. The Kier molecular flexibility index (Phi) is 6.25. The largest absolute Gasteiger partial charge is 0.387 e. The average molecular weight is 265 g/mol. The van der Waals surface area contributed by atoms with E-state index >= 15 is 0 Å². The van der Waals surface area contributed by atoms with E-state index in [1.54, 1.807) is 6.92 Å². The van der Waals surface area contributed by atoms with Crippen LogP contribution in [-0.4, -0.2) is 48.7 Å². The molecule has 0 saturated carbocycles. The molecule has 1 aromatic rings. The maximum absolute atomic E-state index is 9.49. The van der Waals surface area contributed by atoms with Crippen molar-refractivity contribution in [2.75, 3.05) is 38.6 Å². The molecule has 0 amide bonds. The molecule has 1 atom stereocenters. The SMILES string of the molecule is CC(C)CN(CCN(C)C)c1ccc([C@@H](C)O)nc1. The van der Waals surface area contributed by atoms with E-state index in [0.717, 1.165) is 31.0 Å². The van der Waals surface area contributed by atoms with Crippen molar-refractivity contribution in [3.8, 4) is 0 Å². The van der Waals surface area contributed by atoms with Crippen LogP contribution in [-0.2, 0) is 0 Å². The van der Waals surface area contributed by atoms with Gasteiger partial charge in [-0.2, -0.15) is 0 Å². The molecule has 4 nitrogen and oxygen atoms in total. The molecular formula is C15H27N3O. The molecule has 0 unspecified atom stereocenters. The highest BCUT2D eigenvalue weighted by Gasteiger charge is 2.10. The molecule has 0 spiro atoms. The third-order valence-electron chi connectivity index (χ3n) is 2.97. The first-order chi connectivity index (χ1) is 8.90. The zero-order chi connectivity index (χ0) is 14.4. The Morgan fingerprint density at radius 1 is 1.16 bits per heavy atom. The van der Waals surface area contributed by atoms with Gasteiger partial charge in [-0.15, -0.1) is 0 Å². The maximum Gasteiger partial charge on any atom is 0.0931 e. The Morgan fingerprint density at radius 2 is 1.84 bits per heavy atom. The lowest BCUT2D eigenvalue weighted by molar-refractivity contribution is 0.194. The lowest BCUT2D eigenvalue weighted by Gasteiger charge is -2.28. The van der Waals surface area contributed by atoms with E-state index in [4.69, 9.17) is 0 Å². The number of pyridine rings is 1. The number of aliphatic hydroxyl groups is 1. The topological polar surface area (TPSA) is 39.6 Å². The molecule has 0 bridgehead atoms. The molecule has 0 radical (unpaired) electrons. The van der Waals surface area contributed by atoms with Crippen molar-refractivity contribution >= 4 is 5.69 Å². The van der Waals surface area contributed by atoms with E-state index in [0.29, 0.717) is 5.92 Å². The molecule has 1 N–H and O–H groups in total. The third kappa shape index (κ3) is 5.57. The summed E-state index contributed by atoms with van der Waals surface area (Å²) in [6, 6.07) is 3.95. The van der Waals surface area contributed by atoms with Crippen LogP contribution in [0.2, 0.25) is 0 Å². The van der Waals surface area contributed by atoms with Gasteiger partial charge >= 0.3 is 0 Å². The Labute approximate surface area is 117 Å². The molecule has 0 aliphatic rings. The Bertz CT molecular complexity index is 360. The molecule has 1 heterocycles. The average Bonchev–Trinajstić information content (AvgIpc) is 2.34. The quantitative estimate of drug-likeness (QED) is 0.820. The summed E-state index contributed by atoms with van der Waals surface area (Å²) in [4.78, 5) is 8.86. The molecule has 1 aromatic heterocycles. The van der Waals surface area contributed by atoms with Crippen LogP contribution in [0.3, 0.4) is 0 Å². The predicted octanol–water partition coefficient (Wildman–Crippen LogP) is 2.16. The summed E-state index contributed by atoms with van der Waals surface area (Å²) in [6.07, 6.45) is 1.36. The van der Waals surface area contributed by atoms with Gasteiger partial charge in [0.25, 0.3) is 0 Å². The number of aromatic nitrogens is 1. The van der Waals surface area contributed by atoms with Gasteiger partial charge < -0.3 is 14.9 Å². The molecule has 0 saturated heterocycles. The van der Waals surface area contributed by atoms with Gasteiger partial charge in [-0.25, -0.2) is 0 Å². The minimum Gasteiger partial charge on any atom is -0.387 e. The molecule has 0 fully saturated rings. The fourth-order valence-electron chi connectivity index (χ4n) is 1.92. The molecule has 0 aliphatic carbocycles. The first-order valence-corrected chi connectivity index (χ1v) is 6.94. The van der Waals surface area contributed by atoms with Crippen LogP contribution in [0, 0.1) is 5.92 Å². The molecule has 0 aliphatic heterocycles. The van der Waals surface area contributed by atoms with Gasteiger partial charge in [0.1, 0.15) is 0 Å². The first kappa shape index (κ1) is 15.9. The summed E-state index contributed by atoms with van der Waals surface area (Å²) in [5.41, 5.74) is 1.85. The van der Waals surface area contributed by atoms with Crippen LogP contribution in [0.1, 0.15) is 32.6 Å². The molecule has 108 valence electrons. The summed E-state index contributed by atoms with van der Waals surface area (Å²) < 4.78 is 0. The zero-order valence-corrected chi connectivity index (χ0v) is 12.8. The van der Waals surface area contributed by atoms with Crippen molar-refractivity contribution < 1.29 is 5.11 Å². The number of aliphatic hydroxyl groups excluding tert-OH is 1. The number of hydrogen-bond acceptors (Lipinski definition) is 4. The second-order valence-electron chi connectivity index (χ2n) is 5.76. The third-order valence-corrected chi connectivity index (χ3v) is 2.97. The van der Waals surface area contributed by atoms with Crippen LogP contribution >= 0.6 is 0 Å². The predicted molar refractivity (Wildman–Crippen MR) is 80.5 cm³/mol. The Hall–Kier alpha value is -1.13. The number of anilines is 1. The highest BCUT2D eigenvalue weighted by Crippen LogP contribution is 2.17. The monoisotopic (exact) mass is 265 g/mol. The lowest BCUT2D eigenvalue weighted by Crippen LogP contribution is -2.34. The summed E-state index contributed by atoms with van der Waals surface area (Å²) in [6.45, 7) is 9.20.